The second kappa shape index (κ2) is 12.5. The van der Waals surface area contributed by atoms with Gasteiger partial charge in [0.25, 0.3) is 0 Å². The zero-order chi connectivity index (χ0) is 28.8. The Bertz CT molecular complexity index is 1590. The Morgan fingerprint density at radius 2 is 1.78 bits per heavy atom. The van der Waals surface area contributed by atoms with Gasteiger partial charge < -0.3 is 20.8 Å². The number of nitrogens with one attached hydrogen (secondary N) is 3. The molecule has 0 saturated carbocycles. The van der Waals surface area contributed by atoms with Gasteiger partial charge in [-0.25, -0.2) is 23.4 Å². The number of sulfonamides is 1. The van der Waals surface area contributed by atoms with E-state index in [4.69, 9.17) is 5.11 Å². The van der Waals surface area contributed by atoms with Crippen LogP contribution in [-0.2, 0) is 14.8 Å². The first-order chi connectivity index (χ1) is 19.8. The fourth-order valence-corrected chi connectivity index (χ4v) is 5.35. The van der Waals surface area contributed by atoms with Gasteiger partial charge in [-0.05, 0) is 56.6 Å². The van der Waals surface area contributed by atoms with Gasteiger partial charge in [-0.1, -0.05) is 0 Å². The largest absolute Gasteiger partial charge is 0.394 e. The van der Waals surface area contributed by atoms with E-state index in [0.29, 0.717) is 34.8 Å². The number of rotatable bonds is 12. The quantitative estimate of drug-likeness (QED) is 0.158. The minimum atomic E-state index is -3.74. The van der Waals surface area contributed by atoms with Crippen molar-refractivity contribution >= 4 is 50.1 Å². The van der Waals surface area contributed by atoms with Crippen LogP contribution in [0.15, 0.2) is 49.1 Å². The molecule has 4 aromatic heterocycles. The summed E-state index contributed by atoms with van der Waals surface area (Å²) in [5.41, 5.74) is 1.61. The van der Waals surface area contributed by atoms with E-state index < -0.39 is 22.7 Å². The Balaban J connectivity index is 1.23. The Kier molecular flexibility index (Phi) is 8.63. The number of fused-ring (bicyclic) bond motifs is 1. The third kappa shape index (κ3) is 7.49. The van der Waals surface area contributed by atoms with E-state index in [9.17, 15) is 18.3 Å². The Hall–Kier alpha value is -4.25. The maximum absolute atomic E-state index is 12.3. The van der Waals surface area contributed by atoms with Crippen molar-refractivity contribution in [3.8, 4) is 5.82 Å². The monoisotopic (exact) mass is 582 g/mol. The lowest BCUT2D eigenvalue weighted by Crippen LogP contribution is -2.30. The molecular formula is C25H30N10O5S. The van der Waals surface area contributed by atoms with Gasteiger partial charge >= 0.3 is 0 Å². The average Bonchev–Trinajstić information content (AvgIpc) is 3.63. The summed E-state index contributed by atoms with van der Waals surface area (Å²) >= 11 is 0. The molecule has 1 saturated heterocycles. The normalized spacial score (nSPS) is 14.7. The van der Waals surface area contributed by atoms with E-state index in [1.807, 2.05) is 0 Å². The van der Waals surface area contributed by atoms with Crippen LogP contribution in [0.2, 0.25) is 0 Å². The number of pyridine rings is 2. The number of carbonyl (C=O) groups excluding carboxylic acids is 1. The summed E-state index contributed by atoms with van der Waals surface area (Å²) in [5.74, 6) is 0.436. The molecule has 16 heteroatoms. The number of aliphatic hydroxyl groups excluding tert-OH is 2. The van der Waals surface area contributed by atoms with Crippen molar-refractivity contribution in [3.05, 3.63) is 49.1 Å². The van der Waals surface area contributed by atoms with Gasteiger partial charge in [-0.3, -0.25) is 14.4 Å². The van der Waals surface area contributed by atoms with Crippen molar-refractivity contribution in [1.82, 2.24) is 34.6 Å². The van der Waals surface area contributed by atoms with Crippen molar-refractivity contribution in [2.75, 3.05) is 47.3 Å². The van der Waals surface area contributed by atoms with Crippen LogP contribution in [-0.4, -0.2) is 97.3 Å². The van der Waals surface area contributed by atoms with E-state index in [2.05, 4.69) is 45.3 Å². The molecule has 0 radical (unpaired) electrons. The van der Waals surface area contributed by atoms with Crippen LogP contribution in [0.5, 0.6) is 0 Å². The van der Waals surface area contributed by atoms with Crippen molar-refractivity contribution in [2.24, 2.45) is 0 Å². The van der Waals surface area contributed by atoms with Gasteiger partial charge in [-0.2, -0.15) is 14.8 Å². The summed E-state index contributed by atoms with van der Waals surface area (Å²) < 4.78 is 28.2. The highest BCUT2D eigenvalue weighted by Gasteiger charge is 2.16. The summed E-state index contributed by atoms with van der Waals surface area (Å²) in [5, 5.41) is 29.2. The highest BCUT2D eigenvalue weighted by molar-refractivity contribution is 7.92. The Morgan fingerprint density at radius 1 is 1.00 bits per heavy atom. The second-order valence-corrected chi connectivity index (χ2v) is 11.4. The summed E-state index contributed by atoms with van der Waals surface area (Å²) in [6, 6.07) is 6.58. The van der Waals surface area contributed by atoms with Crippen LogP contribution >= 0.6 is 0 Å². The number of aliphatic hydroxyl groups is 2. The predicted molar refractivity (Wildman–Crippen MR) is 151 cm³/mol. The molecule has 0 spiro atoms. The number of aromatic nitrogens is 6. The summed E-state index contributed by atoms with van der Waals surface area (Å²) in [6.07, 6.45) is 7.26. The van der Waals surface area contributed by atoms with Crippen molar-refractivity contribution < 1.29 is 23.4 Å². The molecule has 15 nitrogen and oxygen atoms in total. The van der Waals surface area contributed by atoms with Crippen LogP contribution < -0.4 is 15.4 Å². The van der Waals surface area contributed by atoms with E-state index in [-0.39, 0.29) is 29.8 Å². The Labute approximate surface area is 235 Å². The van der Waals surface area contributed by atoms with E-state index >= 15 is 0 Å². The van der Waals surface area contributed by atoms with Crippen LogP contribution in [0.4, 0.5) is 23.1 Å². The van der Waals surface area contributed by atoms with Crippen LogP contribution in [0.3, 0.4) is 0 Å². The van der Waals surface area contributed by atoms with Gasteiger partial charge in [-0.15, -0.1) is 0 Å². The number of likely N-dealkylation sites (tertiary alicyclic amines) is 1. The van der Waals surface area contributed by atoms with E-state index in [1.165, 1.54) is 12.3 Å². The third-order valence-corrected chi connectivity index (χ3v) is 7.63. The lowest BCUT2D eigenvalue weighted by Gasteiger charge is -2.14. The average molecular weight is 583 g/mol. The van der Waals surface area contributed by atoms with Crippen molar-refractivity contribution in [2.45, 2.75) is 25.4 Å². The first-order valence-electron chi connectivity index (χ1n) is 13.0. The maximum Gasteiger partial charge on any atom is 0.238 e. The highest BCUT2D eigenvalue weighted by atomic mass is 32.2. The van der Waals surface area contributed by atoms with Crippen molar-refractivity contribution in [3.63, 3.8) is 0 Å². The van der Waals surface area contributed by atoms with E-state index in [1.54, 1.807) is 41.5 Å². The van der Waals surface area contributed by atoms with Crippen LogP contribution in [0, 0.1) is 0 Å². The molecule has 5 heterocycles. The second-order valence-electron chi connectivity index (χ2n) is 9.57. The highest BCUT2D eigenvalue weighted by Crippen LogP contribution is 2.20. The van der Waals surface area contributed by atoms with Gasteiger partial charge in [0.15, 0.2) is 11.5 Å². The van der Waals surface area contributed by atoms with E-state index in [0.717, 1.165) is 25.9 Å². The number of amides is 1. The summed E-state index contributed by atoms with van der Waals surface area (Å²) in [6.45, 7) is 1.74. The topological polar surface area (TPSA) is 200 Å². The predicted octanol–water partition coefficient (Wildman–Crippen LogP) is 0.868. The standard InChI is InChI=1S/C25H30N10O5S/c36-16-20(37)7-10-41(39,40)33-21-5-3-19(13-26-21)31-25-28-11-17-12-29-35(24(17)32-25)22-6-4-18(14-27-22)30-23(38)15-34-8-1-2-9-34/h3-6,11-14,20,36-37H,1-2,7-10,15-16H2,(H,26,33)(H,30,38)(H,28,31,32). The fourth-order valence-electron chi connectivity index (χ4n) is 4.23. The molecule has 216 valence electrons. The molecule has 0 bridgehead atoms. The van der Waals surface area contributed by atoms with Crippen LogP contribution in [0.1, 0.15) is 19.3 Å². The molecule has 1 aliphatic rings. The molecular weight excluding hydrogens is 552 g/mol. The smallest absolute Gasteiger partial charge is 0.238 e. The lowest BCUT2D eigenvalue weighted by atomic mass is 10.3. The van der Waals surface area contributed by atoms with Crippen LogP contribution in [0.25, 0.3) is 16.9 Å². The molecule has 1 atom stereocenters. The number of nitrogens with zero attached hydrogens (tertiary/aromatic N) is 7. The Morgan fingerprint density at radius 3 is 2.49 bits per heavy atom. The molecule has 4 aromatic rings. The molecule has 5 rings (SSSR count). The third-order valence-electron chi connectivity index (χ3n) is 6.33. The number of hydrogen-bond acceptors (Lipinski definition) is 12. The molecule has 1 fully saturated rings. The molecule has 1 unspecified atom stereocenters. The van der Waals surface area contributed by atoms with Gasteiger partial charge in [0.2, 0.25) is 21.9 Å². The first-order valence-corrected chi connectivity index (χ1v) is 14.6. The zero-order valence-corrected chi connectivity index (χ0v) is 22.8. The summed E-state index contributed by atoms with van der Waals surface area (Å²) in [7, 11) is -3.74. The minimum Gasteiger partial charge on any atom is -0.394 e. The van der Waals surface area contributed by atoms with Gasteiger partial charge in [0, 0.05) is 6.20 Å². The summed E-state index contributed by atoms with van der Waals surface area (Å²) in [4.78, 5) is 31.8. The first kappa shape index (κ1) is 28.3. The molecule has 41 heavy (non-hydrogen) atoms. The number of anilines is 4. The van der Waals surface area contributed by atoms with Gasteiger partial charge in [0.05, 0.1) is 60.4 Å². The lowest BCUT2D eigenvalue weighted by molar-refractivity contribution is -0.117. The van der Waals surface area contributed by atoms with Gasteiger partial charge in [0.1, 0.15) is 5.82 Å². The van der Waals surface area contributed by atoms with Crippen molar-refractivity contribution in [1.29, 1.82) is 0 Å². The zero-order valence-electron chi connectivity index (χ0n) is 22.0. The molecule has 1 amide bonds. The SMILES string of the molecule is O=C(CN1CCCC1)Nc1ccc(-n2ncc3cnc(Nc4ccc(NS(=O)(=O)CCC(O)CO)nc4)nc32)nc1. The fraction of sp³-hybridized carbons (Fsp3) is 0.360. The maximum atomic E-state index is 12.3. The molecule has 1 aliphatic heterocycles. The molecule has 0 aromatic carbocycles. The molecule has 0 aliphatic carbocycles. The molecule has 5 N–H and O–H groups in total. The minimum absolute atomic E-state index is 0.0766. The number of hydrogen-bond donors (Lipinski definition) is 5. The number of carbonyl (C=O) groups is 1.